The first-order valence-electron chi connectivity index (χ1n) is 6.35. The molecule has 0 aromatic heterocycles. The molecule has 0 amide bonds. The van der Waals surface area contributed by atoms with E-state index in [4.69, 9.17) is 9.47 Å². The second kappa shape index (κ2) is 6.64. The van der Waals surface area contributed by atoms with Crippen molar-refractivity contribution >= 4 is 0 Å². The molecule has 1 radical (unpaired) electrons. The summed E-state index contributed by atoms with van der Waals surface area (Å²) in [6.45, 7) is 11.8. The number of rotatable bonds is 6. The molecule has 0 aliphatic carbocycles. The van der Waals surface area contributed by atoms with Crippen LogP contribution in [0.1, 0.15) is 39.2 Å². The number of aliphatic hydroxyl groups excluding tert-OH is 1. The van der Waals surface area contributed by atoms with Crippen molar-refractivity contribution in [3.05, 3.63) is 30.7 Å². The molecular formula is C15H23O3. The van der Waals surface area contributed by atoms with Crippen LogP contribution in [0.2, 0.25) is 0 Å². The van der Waals surface area contributed by atoms with E-state index >= 15 is 0 Å². The van der Waals surface area contributed by atoms with E-state index in [2.05, 4.69) is 20.8 Å². The fourth-order valence-electron chi connectivity index (χ4n) is 1.65. The van der Waals surface area contributed by atoms with Gasteiger partial charge in [0.15, 0.2) is 11.5 Å². The molecule has 0 spiro atoms. The van der Waals surface area contributed by atoms with E-state index in [9.17, 15) is 5.11 Å². The molecule has 0 bridgehead atoms. The van der Waals surface area contributed by atoms with Crippen molar-refractivity contribution in [3.8, 4) is 11.5 Å². The molecule has 1 aromatic rings. The van der Waals surface area contributed by atoms with Gasteiger partial charge in [-0.3, -0.25) is 0 Å². The van der Waals surface area contributed by atoms with Gasteiger partial charge in [0.2, 0.25) is 0 Å². The lowest BCUT2D eigenvalue weighted by atomic mass is 10.0. The predicted molar refractivity (Wildman–Crippen MR) is 73.2 cm³/mol. The maximum absolute atomic E-state index is 9.19. The molecule has 3 heteroatoms. The van der Waals surface area contributed by atoms with Crippen LogP contribution in [0.4, 0.5) is 0 Å². The Kier molecular flexibility index (Phi) is 5.48. The molecule has 1 N–H and O–H groups in total. The van der Waals surface area contributed by atoms with Gasteiger partial charge in [0.1, 0.15) is 6.61 Å². The lowest BCUT2D eigenvalue weighted by Gasteiger charge is -2.20. The summed E-state index contributed by atoms with van der Waals surface area (Å²) in [5.41, 5.74) is 1.11. The van der Waals surface area contributed by atoms with Gasteiger partial charge in [-0.2, -0.15) is 0 Å². The summed E-state index contributed by atoms with van der Waals surface area (Å²) in [6.07, 6.45) is -0.656. The fourth-order valence-corrected chi connectivity index (χ4v) is 1.65. The normalized spacial score (nSPS) is 12.9. The summed E-state index contributed by atoms with van der Waals surface area (Å²) in [4.78, 5) is 0. The van der Waals surface area contributed by atoms with E-state index in [1.54, 1.807) is 0 Å². The Morgan fingerprint density at radius 1 is 1.22 bits per heavy atom. The molecule has 101 valence electrons. The minimum absolute atomic E-state index is 0.0805. The first-order valence-corrected chi connectivity index (χ1v) is 6.35. The maximum atomic E-state index is 9.19. The zero-order valence-corrected chi connectivity index (χ0v) is 11.6. The number of para-hydroxylation sites is 1. The first kappa shape index (κ1) is 14.8. The second-order valence-corrected chi connectivity index (χ2v) is 4.96. The Morgan fingerprint density at radius 2 is 1.89 bits per heavy atom. The molecule has 1 aromatic carbocycles. The average molecular weight is 251 g/mol. The molecule has 1 rings (SSSR count). The van der Waals surface area contributed by atoms with E-state index in [0.29, 0.717) is 11.7 Å². The summed E-state index contributed by atoms with van der Waals surface area (Å²) in [5.74, 6) is 1.78. The van der Waals surface area contributed by atoms with E-state index in [1.807, 2.05) is 32.0 Å². The molecular weight excluding hydrogens is 228 g/mol. The SMILES string of the molecule is [CH2]C(O)COc1cccc(C(C)C)c1OC(C)C. The topological polar surface area (TPSA) is 38.7 Å². The molecule has 1 atom stereocenters. The molecule has 0 saturated carbocycles. The number of ether oxygens (including phenoxy) is 2. The van der Waals surface area contributed by atoms with Crippen molar-refractivity contribution in [2.45, 2.75) is 45.8 Å². The van der Waals surface area contributed by atoms with Crippen molar-refractivity contribution in [2.75, 3.05) is 6.61 Å². The van der Waals surface area contributed by atoms with Gasteiger partial charge >= 0.3 is 0 Å². The fraction of sp³-hybridized carbons (Fsp3) is 0.533. The van der Waals surface area contributed by atoms with Crippen molar-refractivity contribution in [2.24, 2.45) is 0 Å². The Balaban J connectivity index is 3.03. The Hall–Kier alpha value is -1.22. The summed E-state index contributed by atoms with van der Waals surface area (Å²) >= 11 is 0. The molecule has 0 saturated heterocycles. The molecule has 0 heterocycles. The number of hydrogen-bond donors (Lipinski definition) is 1. The van der Waals surface area contributed by atoms with Crippen LogP contribution in [0, 0.1) is 6.92 Å². The minimum atomic E-state index is -0.736. The van der Waals surface area contributed by atoms with Gasteiger partial charge in [0.25, 0.3) is 0 Å². The van der Waals surface area contributed by atoms with Crippen molar-refractivity contribution in [1.82, 2.24) is 0 Å². The van der Waals surface area contributed by atoms with Gasteiger partial charge in [-0.15, -0.1) is 0 Å². The van der Waals surface area contributed by atoms with Crippen LogP contribution in [0.3, 0.4) is 0 Å². The van der Waals surface area contributed by atoms with Gasteiger partial charge in [-0.05, 0) is 32.8 Å². The van der Waals surface area contributed by atoms with Gasteiger partial charge in [0.05, 0.1) is 12.2 Å². The summed E-state index contributed by atoms with van der Waals surface area (Å²) < 4.78 is 11.4. The number of benzene rings is 1. The van der Waals surface area contributed by atoms with Gasteiger partial charge < -0.3 is 14.6 Å². The predicted octanol–water partition coefficient (Wildman–Crippen LogP) is 3.17. The van der Waals surface area contributed by atoms with Crippen LogP contribution in [0.5, 0.6) is 11.5 Å². The summed E-state index contributed by atoms with van der Waals surface area (Å²) in [7, 11) is 0. The standard InChI is InChI=1S/C15H23O3/c1-10(2)13-7-6-8-14(17-9-12(5)16)15(13)18-11(3)4/h6-8,10-12,16H,5,9H2,1-4H3. The van der Waals surface area contributed by atoms with Crippen molar-refractivity contribution < 1.29 is 14.6 Å². The highest BCUT2D eigenvalue weighted by Gasteiger charge is 2.15. The molecule has 0 aliphatic rings. The van der Waals surface area contributed by atoms with E-state index in [-0.39, 0.29) is 12.7 Å². The molecule has 1 unspecified atom stereocenters. The van der Waals surface area contributed by atoms with Gasteiger partial charge in [0, 0.05) is 5.56 Å². The van der Waals surface area contributed by atoms with Gasteiger partial charge in [-0.25, -0.2) is 0 Å². The zero-order chi connectivity index (χ0) is 13.7. The Morgan fingerprint density at radius 3 is 2.39 bits per heavy atom. The highest BCUT2D eigenvalue weighted by molar-refractivity contribution is 5.48. The van der Waals surface area contributed by atoms with Crippen LogP contribution in [-0.2, 0) is 0 Å². The highest BCUT2D eigenvalue weighted by Crippen LogP contribution is 2.36. The van der Waals surface area contributed by atoms with Crippen LogP contribution in [0.15, 0.2) is 18.2 Å². The average Bonchev–Trinajstić information content (AvgIpc) is 2.26. The quantitative estimate of drug-likeness (QED) is 0.844. The minimum Gasteiger partial charge on any atom is -0.487 e. The summed E-state index contributed by atoms with van der Waals surface area (Å²) in [5, 5.41) is 9.19. The van der Waals surface area contributed by atoms with Gasteiger partial charge in [-0.1, -0.05) is 26.0 Å². The van der Waals surface area contributed by atoms with E-state index in [0.717, 1.165) is 11.3 Å². The largest absolute Gasteiger partial charge is 0.487 e. The van der Waals surface area contributed by atoms with Crippen LogP contribution in [-0.4, -0.2) is 23.9 Å². The van der Waals surface area contributed by atoms with Crippen molar-refractivity contribution in [3.63, 3.8) is 0 Å². The molecule has 18 heavy (non-hydrogen) atoms. The van der Waals surface area contributed by atoms with Crippen LogP contribution >= 0.6 is 0 Å². The maximum Gasteiger partial charge on any atom is 0.164 e. The number of aliphatic hydroxyl groups is 1. The second-order valence-electron chi connectivity index (χ2n) is 4.96. The molecule has 3 nitrogen and oxygen atoms in total. The highest BCUT2D eigenvalue weighted by atomic mass is 16.5. The smallest absolute Gasteiger partial charge is 0.164 e. The monoisotopic (exact) mass is 251 g/mol. The number of hydrogen-bond acceptors (Lipinski definition) is 3. The lowest BCUT2D eigenvalue weighted by Crippen LogP contribution is -2.15. The third kappa shape index (κ3) is 4.22. The third-order valence-electron chi connectivity index (χ3n) is 2.42. The van der Waals surface area contributed by atoms with E-state index in [1.165, 1.54) is 0 Å². The zero-order valence-electron chi connectivity index (χ0n) is 11.6. The van der Waals surface area contributed by atoms with Crippen LogP contribution < -0.4 is 9.47 Å². The first-order chi connectivity index (χ1) is 8.41. The Labute approximate surface area is 110 Å². The van der Waals surface area contributed by atoms with E-state index < -0.39 is 6.10 Å². The third-order valence-corrected chi connectivity index (χ3v) is 2.42. The van der Waals surface area contributed by atoms with Crippen molar-refractivity contribution in [1.29, 1.82) is 0 Å². The van der Waals surface area contributed by atoms with Crippen LogP contribution in [0.25, 0.3) is 0 Å². The molecule has 0 aliphatic heterocycles. The summed E-state index contributed by atoms with van der Waals surface area (Å²) in [6, 6.07) is 5.83. The molecule has 0 fully saturated rings. The Bertz CT molecular complexity index is 370. The lowest BCUT2D eigenvalue weighted by molar-refractivity contribution is 0.136.